The summed E-state index contributed by atoms with van der Waals surface area (Å²) >= 11 is 0. The highest BCUT2D eigenvalue weighted by atomic mass is 17.2. The van der Waals surface area contributed by atoms with Crippen molar-refractivity contribution in [2.75, 3.05) is 26.3 Å². The minimum absolute atomic E-state index is 0.173. The largest absolute Gasteiger partial charge is 0.394 e. The van der Waals surface area contributed by atoms with Crippen molar-refractivity contribution >= 4 is 11.8 Å². The molecule has 2 amide bonds. The molecule has 0 aromatic heterocycles. The predicted octanol–water partition coefficient (Wildman–Crippen LogP) is -0.112. The van der Waals surface area contributed by atoms with Gasteiger partial charge in [-0.15, -0.1) is 0 Å². The molecule has 0 radical (unpaired) electrons. The van der Waals surface area contributed by atoms with Crippen LogP contribution in [0.1, 0.15) is 49.7 Å². The van der Waals surface area contributed by atoms with Crippen LogP contribution in [0.2, 0.25) is 0 Å². The monoisotopic (exact) mass is 478 g/mol. The van der Waals surface area contributed by atoms with Crippen molar-refractivity contribution in [2.24, 2.45) is 0 Å². The van der Waals surface area contributed by atoms with Crippen LogP contribution in [0.15, 0.2) is 36.4 Å². The number of rotatable bonds is 14. The van der Waals surface area contributed by atoms with E-state index in [-0.39, 0.29) is 63.8 Å². The lowest BCUT2D eigenvalue weighted by atomic mass is 9.72. The Bertz CT molecular complexity index is 809. The molecule has 1 aromatic rings. The highest BCUT2D eigenvalue weighted by Gasteiger charge is 2.51. The van der Waals surface area contributed by atoms with Crippen LogP contribution < -0.4 is 10.6 Å². The molecule has 0 spiro atoms. The van der Waals surface area contributed by atoms with E-state index in [0.717, 1.165) is 11.1 Å². The van der Waals surface area contributed by atoms with E-state index in [4.69, 9.17) is 20.0 Å². The van der Waals surface area contributed by atoms with Gasteiger partial charge in [0.05, 0.1) is 25.4 Å². The lowest BCUT2D eigenvalue weighted by Gasteiger charge is -2.48. The highest BCUT2D eigenvalue weighted by molar-refractivity contribution is 5.76. The zero-order valence-electron chi connectivity index (χ0n) is 19.1. The number of carbonyl (C=O) groups excluding carboxylic acids is 2. The average molecular weight is 479 g/mol. The lowest BCUT2D eigenvalue weighted by molar-refractivity contribution is -0.424. The maximum absolute atomic E-state index is 12.3. The predicted molar refractivity (Wildman–Crippen MR) is 121 cm³/mol. The SMILES string of the molecule is O=C(CCC12C=CC(CCC(=O)NCCC(O)CO)(OO1)c1ccccc12)NCCC(O)CO. The molecule has 10 nitrogen and oxygen atoms in total. The average Bonchev–Trinajstić information content (AvgIpc) is 2.87. The van der Waals surface area contributed by atoms with Gasteiger partial charge in [0.2, 0.25) is 11.8 Å². The Morgan fingerprint density at radius 1 is 0.794 bits per heavy atom. The minimum atomic E-state index is -0.914. The fourth-order valence-corrected chi connectivity index (χ4v) is 4.20. The van der Waals surface area contributed by atoms with E-state index >= 15 is 0 Å². The van der Waals surface area contributed by atoms with E-state index in [2.05, 4.69) is 10.6 Å². The molecule has 1 aromatic carbocycles. The number of nitrogens with one attached hydrogen (secondary N) is 2. The van der Waals surface area contributed by atoms with E-state index in [1.165, 1.54) is 0 Å². The Morgan fingerprint density at radius 2 is 1.21 bits per heavy atom. The van der Waals surface area contributed by atoms with Gasteiger partial charge in [-0.3, -0.25) is 9.59 Å². The van der Waals surface area contributed by atoms with Crippen LogP contribution in [0.25, 0.3) is 0 Å². The third-order valence-electron chi connectivity index (χ3n) is 6.27. The first-order valence-corrected chi connectivity index (χ1v) is 11.6. The zero-order chi connectivity index (χ0) is 24.6. The molecule has 188 valence electrons. The van der Waals surface area contributed by atoms with Gasteiger partial charge in [0, 0.05) is 25.9 Å². The first-order valence-electron chi connectivity index (χ1n) is 11.6. The molecule has 2 bridgehead atoms. The molecule has 3 aliphatic rings. The summed E-state index contributed by atoms with van der Waals surface area (Å²) < 4.78 is 0. The molecule has 4 atom stereocenters. The summed E-state index contributed by atoms with van der Waals surface area (Å²) in [5.74, 6) is -0.390. The molecular weight excluding hydrogens is 444 g/mol. The Morgan fingerprint density at radius 3 is 1.56 bits per heavy atom. The topological polar surface area (TPSA) is 158 Å². The van der Waals surface area contributed by atoms with Crippen LogP contribution in [0.5, 0.6) is 0 Å². The number of carbonyl (C=O) groups is 2. The van der Waals surface area contributed by atoms with Gasteiger partial charge in [-0.25, -0.2) is 9.78 Å². The number of fused-ring (bicyclic) bond motifs is 1. The summed E-state index contributed by atoms with van der Waals surface area (Å²) in [5.41, 5.74) is -0.0520. The molecule has 2 aliphatic heterocycles. The summed E-state index contributed by atoms with van der Waals surface area (Å²) in [6.45, 7) is -0.160. The van der Waals surface area contributed by atoms with Crippen molar-refractivity contribution in [1.82, 2.24) is 10.6 Å². The van der Waals surface area contributed by atoms with E-state index < -0.39 is 23.4 Å². The van der Waals surface area contributed by atoms with E-state index in [1.54, 1.807) is 0 Å². The minimum Gasteiger partial charge on any atom is -0.394 e. The zero-order valence-corrected chi connectivity index (χ0v) is 19.1. The van der Waals surface area contributed by atoms with Gasteiger partial charge in [-0.2, -0.15) is 0 Å². The van der Waals surface area contributed by atoms with Crippen molar-refractivity contribution < 1.29 is 39.8 Å². The third kappa shape index (κ3) is 6.21. The second-order valence-corrected chi connectivity index (χ2v) is 8.77. The van der Waals surface area contributed by atoms with Crippen molar-refractivity contribution in [2.45, 2.75) is 61.9 Å². The van der Waals surface area contributed by atoms with Crippen LogP contribution in [0.3, 0.4) is 0 Å². The van der Waals surface area contributed by atoms with Crippen LogP contribution in [-0.4, -0.2) is 70.8 Å². The van der Waals surface area contributed by atoms with Crippen LogP contribution >= 0.6 is 0 Å². The van der Waals surface area contributed by atoms with Gasteiger partial charge < -0.3 is 31.1 Å². The van der Waals surface area contributed by atoms with Crippen molar-refractivity contribution in [3.05, 3.63) is 47.5 Å². The van der Waals surface area contributed by atoms with Crippen molar-refractivity contribution in [1.29, 1.82) is 0 Å². The Hall–Kier alpha value is -2.34. The van der Waals surface area contributed by atoms with Gasteiger partial charge in [0.25, 0.3) is 0 Å². The van der Waals surface area contributed by atoms with Crippen LogP contribution in [0, 0.1) is 0 Å². The normalized spacial score (nSPS) is 24.4. The maximum atomic E-state index is 12.3. The highest BCUT2D eigenvalue weighted by Crippen LogP contribution is 2.52. The fourth-order valence-electron chi connectivity index (χ4n) is 4.20. The molecule has 4 unspecified atom stereocenters. The Kier molecular flexibility index (Phi) is 9.17. The molecule has 1 aliphatic carbocycles. The first kappa shape index (κ1) is 26.3. The smallest absolute Gasteiger partial charge is 0.220 e. The lowest BCUT2D eigenvalue weighted by Crippen LogP contribution is -2.48. The molecule has 6 N–H and O–H groups in total. The Balaban J connectivity index is 1.59. The van der Waals surface area contributed by atoms with Gasteiger partial charge in [0.15, 0.2) is 0 Å². The molecular formula is C24H34N2O8. The summed E-state index contributed by atoms with van der Waals surface area (Å²) in [7, 11) is 0. The second kappa shape index (κ2) is 11.9. The molecule has 10 heteroatoms. The number of benzene rings is 1. The van der Waals surface area contributed by atoms with Gasteiger partial charge >= 0.3 is 0 Å². The number of aliphatic hydroxyl groups is 4. The van der Waals surface area contributed by atoms with Gasteiger partial charge in [0.1, 0.15) is 11.2 Å². The molecule has 0 saturated carbocycles. The van der Waals surface area contributed by atoms with E-state index in [9.17, 15) is 19.8 Å². The summed E-state index contributed by atoms with van der Waals surface area (Å²) in [4.78, 5) is 36.2. The molecule has 4 rings (SSSR count). The maximum Gasteiger partial charge on any atom is 0.220 e. The van der Waals surface area contributed by atoms with Crippen molar-refractivity contribution in [3.63, 3.8) is 0 Å². The summed E-state index contributed by atoms with van der Waals surface area (Å²) in [6.07, 6.45) is 3.64. The Labute approximate surface area is 198 Å². The fraction of sp³-hybridized carbons (Fsp3) is 0.583. The number of amides is 2. The van der Waals surface area contributed by atoms with Crippen molar-refractivity contribution in [3.8, 4) is 0 Å². The number of hydrogen-bond donors (Lipinski definition) is 6. The summed E-state index contributed by atoms with van der Waals surface area (Å²) in [5, 5.41) is 41.9. The quantitative estimate of drug-likeness (QED) is 0.160. The third-order valence-corrected chi connectivity index (χ3v) is 6.27. The van der Waals surface area contributed by atoms with Crippen LogP contribution in [-0.2, 0) is 30.6 Å². The molecule has 0 fully saturated rings. The van der Waals surface area contributed by atoms with E-state index in [1.807, 2.05) is 36.4 Å². The molecule has 0 saturated heterocycles. The number of hydrogen-bond acceptors (Lipinski definition) is 8. The summed E-state index contributed by atoms with van der Waals surface area (Å²) in [6, 6.07) is 7.65. The standard InChI is InChI=1S/C24H34N2O8/c27-15-17(29)7-13-25-21(31)5-9-23-11-12-24(34-33-23,20-4-2-1-3-19(20)23)10-6-22(32)26-14-8-18(30)16-28/h1-4,11-12,17-18,27-30H,5-10,13-16H2,(H,25,31)(H,26,32). The molecule has 34 heavy (non-hydrogen) atoms. The van der Waals surface area contributed by atoms with Gasteiger partial charge in [-0.05, 0) is 49.0 Å². The van der Waals surface area contributed by atoms with E-state index in [0.29, 0.717) is 12.8 Å². The first-order chi connectivity index (χ1) is 16.3. The number of aliphatic hydroxyl groups excluding tert-OH is 4. The molecule has 2 heterocycles. The van der Waals surface area contributed by atoms with Crippen LogP contribution in [0.4, 0.5) is 0 Å². The second-order valence-electron chi connectivity index (χ2n) is 8.77. The van der Waals surface area contributed by atoms with Gasteiger partial charge in [-0.1, -0.05) is 24.3 Å².